The molecule has 3 nitrogen and oxygen atoms in total. The fourth-order valence-electron chi connectivity index (χ4n) is 2.09. The van der Waals surface area contributed by atoms with Crippen molar-refractivity contribution in [3.05, 3.63) is 23.7 Å². The SMILES string of the molecule is CSCCC(C)n1c(CCl)nc2ccc(C)nc21. The van der Waals surface area contributed by atoms with Gasteiger partial charge in [0.05, 0.1) is 5.88 Å². The maximum Gasteiger partial charge on any atom is 0.160 e. The minimum absolute atomic E-state index is 0.380. The Morgan fingerprint density at radius 2 is 2.17 bits per heavy atom. The van der Waals surface area contributed by atoms with E-state index in [1.54, 1.807) is 0 Å². The summed E-state index contributed by atoms with van der Waals surface area (Å²) in [7, 11) is 0. The molecule has 1 unspecified atom stereocenters. The summed E-state index contributed by atoms with van der Waals surface area (Å²) in [6, 6.07) is 4.39. The number of imidazole rings is 1. The van der Waals surface area contributed by atoms with E-state index in [2.05, 4.69) is 27.7 Å². The second-order valence-electron chi connectivity index (χ2n) is 4.46. The lowest BCUT2D eigenvalue weighted by Gasteiger charge is -2.15. The van der Waals surface area contributed by atoms with Crippen LogP contribution in [-0.4, -0.2) is 26.5 Å². The van der Waals surface area contributed by atoms with Crippen LogP contribution in [0.4, 0.5) is 0 Å². The van der Waals surface area contributed by atoms with Crippen molar-refractivity contribution in [1.29, 1.82) is 0 Å². The molecule has 5 heteroatoms. The molecule has 0 spiro atoms. The molecule has 0 aliphatic carbocycles. The smallest absolute Gasteiger partial charge is 0.160 e. The average Bonchev–Trinajstić information content (AvgIpc) is 2.73. The topological polar surface area (TPSA) is 30.7 Å². The molecule has 1 atom stereocenters. The van der Waals surface area contributed by atoms with Crippen molar-refractivity contribution in [3.8, 4) is 0 Å². The summed E-state index contributed by atoms with van der Waals surface area (Å²) < 4.78 is 2.19. The molecule has 0 amide bonds. The molecular formula is C13H18ClN3S. The maximum atomic E-state index is 6.01. The zero-order valence-electron chi connectivity index (χ0n) is 11.0. The standard InChI is InChI=1S/C13H18ClN3S/c1-9-4-5-11-13(15-9)17(12(8-14)16-11)10(2)6-7-18-3/h4-5,10H,6-8H2,1-3H3. The Morgan fingerprint density at radius 3 is 2.83 bits per heavy atom. The van der Waals surface area contributed by atoms with Crippen LogP contribution in [0.15, 0.2) is 12.1 Å². The molecule has 0 radical (unpaired) electrons. The van der Waals surface area contributed by atoms with Crippen LogP contribution in [0.25, 0.3) is 11.2 Å². The Hall–Kier alpha value is -0.740. The number of fused-ring (bicyclic) bond motifs is 1. The lowest BCUT2D eigenvalue weighted by Crippen LogP contribution is -2.10. The Labute approximate surface area is 117 Å². The molecule has 0 saturated heterocycles. The Morgan fingerprint density at radius 1 is 1.39 bits per heavy atom. The second-order valence-corrected chi connectivity index (χ2v) is 5.71. The van der Waals surface area contributed by atoms with Gasteiger partial charge in [0.15, 0.2) is 5.65 Å². The van der Waals surface area contributed by atoms with Gasteiger partial charge in [-0.15, -0.1) is 11.6 Å². The van der Waals surface area contributed by atoms with Crippen molar-refractivity contribution < 1.29 is 0 Å². The number of hydrogen-bond acceptors (Lipinski definition) is 3. The van der Waals surface area contributed by atoms with Crippen LogP contribution in [0.5, 0.6) is 0 Å². The van der Waals surface area contributed by atoms with Crippen LogP contribution in [0.1, 0.15) is 30.9 Å². The van der Waals surface area contributed by atoms with Crippen LogP contribution >= 0.6 is 23.4 Å². The molecule has 18 heavy (non-hydrogen) atoms. The first-order valence-corrected chi connectivity index (χ1v) is 7.99. The summed E-state index contributed by atoms with van der Waals surface area (Å²) >= 11 is 7.87. The predicted molar refractivity (Wildman–Crippen MR) is 79.5 cm³/mol. The van der Waals surface area contributed by atoms with Crippen molar-refractivity contribution in [3.63, 3.8) is 0 Å². The highest BCUT2D eigenvalue weighted by atomic mass is 35.5. The molecule has 2 heterocycles. The van der Waals surface area contributed by atoms with Crippen molar-refractivity contribution in [2.45, 2.75) is 32.2 Å². The highest BCUT2D eigenvalue weighted by Gasteiger charge is 2.16. The van der Waals surface area contributed by atoms with Gasteiger partial charge >= 0.3 is 0 Å². The summed E-state index contributed by atoms with van der Waals surface area (Å²) in [4.78, 5) is 9.17. The number of aryl methyl sites for hydroxylation is 1. The van der Waals surface area contributed by atoms with E-state index in [1.807, 2.05) is 30.8 Å². The summed E-state index contributed by atoms with van der Waals surface area (Å²) in [5, 5.41) is 0. The van der Waals surface area contributed by atoms with Gasteiger partial charge in [-0.05, 0) is 44.4 Å². The molecule has 0 saturated carbocycles. The first-order chi connectivity index (χ1) is 8.67. The molecule has 0 aliphatic rings. The number of hydrogen-bond donors (Lipinski definition) is 0. The molecule has 2 rings (SSSR count). The van der Waals surface area contributed by atoms with Gasteiger partial charge in [-0.3, -0.25) is 0 Å². The lowest BCUT2D eigenvalue weighted by molar-refractivity contribution is 0.530. The minimum Gasteiger partial charge on any atom is -0.309 e. The Bertz CT molecular complexity index is 538. The van der Waals surface area contributed by atoms with Crippen molar-refractivity contribution >= 4 is 34.5 Å². The zero-order chi connectivity index (χ0) is 13.1. The van der Waals surface area contributed by atoms with Gasteiger partial charge in [0.2, 0.25) is 0 Å². The minimum atomic E-state index is 0.380. The molecule has 2 aromatic rings. The molecule has 0 aliphatic heterocycles. The van der Waals surface area contributed by atoms with Crippen LogP contribution < -0.4 is 0 Å². The molecule has 98 valence electrons. The number of nitrogens with zero attached hydrogens (tertiary/aromatic N) is 3. The van der Waals surface area contributed by atoms with Gasteiger partial charge in [-0.2, -0.15) is 11.8 Å². The monoisotopic (exact) mass is 283 g/mol. The van der Waals surface area contributed by atoms with E-state index in [0.717, 1.165) is 34.9 Å². The summed E-state index contributed by atoms with van der Waals surface area (Å²) in [6.45, 7) is 4.21. The van der Waals surface area contributed by atoms with Gasteiger partial charge in [0.1, 0.15) is 11.3 Å². The van der Waals surface area contributed by atoms with E-state index in [-0.39, 0.29) is 0 Å². The lowest BCUT2D eigenvalue weighted by atomic mass is 10.2. The highest BCUT2D eigenvalue weighted by Crippen LogP contribution is 2.24. The van der Waals surface area contributed by atoms with Crippen LogP contribution in [-0.2, 0) is 5.88 Å². The number of aromatic nitrogens is 3. The number of pyridine rings is 1. The van der Waals surface area contributed by atoms with Gasteiger partial charge in [0.25, 0.3) is 0 Å². The fraction of sp³-hybridized carbons (Fsp3) is 0.538. The first kappa shape index (κ1) is 13.7. The van der Waals surface area contributed by atoms with Crippen LogP contribution in [0.2, 0.25) is 0 Å². The van der Waals surface area contributed by atoms with Crippen molar-refractivity contribution in [1.82, 2.24) is 14.5 Å². The molecule has 0 fully saturated rings. The van der Waals surface area contributed by atoms with E-state index in [9.17, 15) is 0 Å². The number of alkyl halides is 1. The third-order valence-electron chi connectivity index (χ3n) is 3.05. The van der Waals surface area contributed by atoms with E-state index in [1.165, 1.54) is 0 Å². The molecule has 0 N–H and O–H groups in total. The fourth-order valence-corrected chi connectivity index (χ4v) is 2.86. The van der Waals surface area contributed by atoms with Gasteiger partial charge in [-0.25, -0.2) is 9.97 Å². The van der Waals surface area contributed by atoms with E-state index >= 15 is 0 Å². The number of thioether (sulfide) groups is 1. The maximum absolute atomic E-state index is 6.01. The molecular weight excluding hydrogens is 266 g/mol. The third-order valence-corrected chi connectivity index (χ3v) is 3.93. The quantitative estimate of drug-likeness (QED) is 0.782. The largest absolute Gasteiger partial charge is 0.309 e. The Kier molecular flexibility index (Phi) is 4.51. The van der Waals surface area contributed by atoms with Crippen molar-refractivity contribution in [2.75, 3.05) is 12.0 Å². The molecule has 0 bridgehead atoms. The van der Waals surface area contributed by atoms with Crippen LogP contribution in [0, 0.1) is 6.92 Å². The summed E-state index contributed by atoms with van der Waals surface area (Å²) in [5.74, 6) is 2.48. The zero-order valence-corrected chi connectivity index (χ0v) is 12.6. The number of rotatable bonds is 5. The van der Waals surface area contributed by atoms with Crippen molar-refractivity contribution in [2.24, 2.45) is 0 Å². The molecule has 0 aromatic carbocycles. The predicted octanol–water partition coefficient (Wildman–Crippen LogP) is 3.79. The van der Waals surface area contributed by atoms with Gasteiger partial charge < -0.3 is 4.57 Å². The first-order valence-electron chi connectivity index (χ1n) is 6.06. The van der Waals surface area contributed by atoms with Gasteiger partial charge in [-0.1, -0.05) is 0 Å². The second kappa shape index (κ2) is 5.93. The van der Waals surface area contributed by atoms with Gasteiger partial charge in [0, 0.05) is 11.7 Å². The normalized spacial score (nSPS) is 13.1. The Balaban J connectivity index is 2.48. The average molecular weight is 284 g/mol. The number of halogens is 1. The third kappa shape index (κ3) is 2.64. The van der Waals surface area contributed by atoms with E-state index in [4.69, 9.17) is 11.6 Å². The van der Waals surface area contributed by atoms with Crippen LogP contribution in [0.3, 0.4) is 0 Å². The highest BCUT2D eigenvalue weighted by molar-refractivity contribution is 7.98. The van der Waals surface area contributed by atoms with E-state index < -0.39 is 0 Å². The summed E-state index contributed by atoms with van der Waals surface area (Å²) in [5.41, 5.74) is 2.91. The van der Waals surface area contributed by atoms with E-state index in [0.29, 0.717) is 11.9 Å². The summed E-state index contributed by atoms with van der Waals surface area (Å²) in [6.07, 6.45) is 3.23. The molecule has 2 aromatic heterocycles.